The zero-order valence-corrected chi connectivity index (χ0v) is 15.3. The number of phenols is 1. The van der Waals surface area contributed by atoms with Crippen LogP contribution in [0.3, 0.4) is 0 Å². The molecule has 1 atom stereocenters. The Morgan fingerprint density at radius 2 is 1.85 bits per heavy atom. The van der Waals surface area contributed by atoms with Crippen molar-refractivity contribution in [3.8, 4) is 11.5 Å². The Morgan fingerprint density at radius 3 is 2.52 bits per heavy atom. The van der Waals surface area contributed by atoms with Crippen LogP contribution in [-0.2, 0) is 4.79 Å². The summed E-state index contributed by atoms with van der Waals surface area (Å²) in [6.45, 7) is 3.64. The van der Waals surface area contributed by atoms with E-state index in [2.05, 4.69) is 16.0 Å². The van der Waals surface area contributed by atoms with Crippen LogP contribution in [0.15, 0.2) is 53.7 Å². The molecule has 0 spiro atoms. The van der Waals surface area contributed by atoms with Crippen molar-refractivity contribution in [2.24, 2.45) is 0 Å². The predicted octanol–water partition coefficient (Wildman–Crippen LogP) is 2.98. The highest BCUT2D eigenvalue weighted by Gasteiger charge is 2.31. The Morgan fingerprint density at radius 1 is 1.15 bits per heavy atom. The Bertz CT molecular complexity index is 919. The van der Waals surface area contributed by atoms with Crippen molar-refractivity contribution in [1.29, 1.82) is 0 Å². The number of methoxy groups -OCH3 is 1. The molecule has 0 aromatic heterocycles. The first kappa shape index (κ1) is 18.3. The van der Waals surface area contributed by atoms with Gasteiger partial charge >= 0.3 is 6.03 Å². The molecule has 0 saturated carbocycles. The topological polar surface area (TPSA) is 99.7 Å². The molecule has 1 aliphatic rings. The molecule has 4 N–H and O–H groups in total. The van der Waals surface area contributed by atoms with Crippen molar-refractivity contribution in [2.45, 2.75) is 19.9 Å². The number of allylic oxidation sites excluding steroid dienone is 1. The van der Waals surface area contributed by atoms with Crippen molar-refractivity contribution in [2.75, 3.05) is 12.4 Å². The third-order valence-electron chi connectivity index (χ3n) is 4.36. The van der Waals surface area contributed by atoms with Gasteiger partial charge in [0.1, 0.15) is 0 Å². The molecule has 0 bridgehead atoms. The second-order valence-corrected chi connectivity index (χ2v) is 6.32. The quantitative estimate of drug-likeness (QED) is 0.667. The molecule has 0 saturated heterocycles. The van der Waals surface area contributed by atoms with E-state index < -0.39 is 12.1 Å². The predicted molar refractivity (Wildman–Crippen MR) is 102 cm³/mol. The van der Waals surface area contributed by atoms with Crippen molar-refractivity contribution >= 4 is 17.6 Å². The maximum Gasteiger partial charge on any atom is 0.319 e. The van der Waals surface area contributed by atoms with Crippen LogP contribution >= 0.6 is 0 Å². The summed E-state index contributed by atoms with van der Waals surface area (Å²) < 4.78 is 5.14. The fourth-order valence-electron chi connectivity index (χ4n) is 2.95. The zero-order chi connectivity index (χ0) is 19.6. The van der Waals surface area contributed by atoms with Crippen molar-refractivity contribution in [1.82, 2.24) is 10.6 Å². The van der Waals surface area contributed by atoms with Crippen LogP contribution in [0.4, 0.5) is 10.5 Å². The standard InChI is InChI=1S/C20H21N3O4/c1-11-4-7-14(8-5-11)22-19(25)17-12(2)21-20(26)23-18(17)13-6-9-15(24)16(10-13)27-3/h4-10,18,24H,1-3H3,(H,22,25)(H2,21,23,26)/t18-/m0/s1. The van der Waals surface area contributed by atoms with Gasteiger partial charge in [0.15, 0.2) is 11.5 Å². The summed E-state index contributed by atoms with van der Waals surface area (Å²) in [5, 5.41) is 18.1. The molecule has 140 valence electrons. The number of hydrogen-bond acceptors (Lipinski definition) is 4. The largest absolute Gasteiger partial charge is 0.504 e. The fraction of sp³-hybridized carbons (Fsp3) is 0.200. The number of aromatic hydroxyl groups is 1. The molecule has 3 rings (SSSR count). The average Bonchev–Trinajstić information content (AvgIpc) is 2.63. The van der Waals surface area contributed by atoms with Crippen LogP contribution in [0.5, 0.6) is 11.5 Å². The number of carbonyl (C=O) groups is 2. The maximum absolute atomic E-state index is 12.9. The van der Waals surface area contributed by atoms with Crippen LogP contribution < -0.4 is 20.7 Å². The van der Waals surface area contributed by atoms with Crippen molar-refractivity contribution in [3.05, 3.63) is 64.9 Å². The molecule has 7 heteroatoms. The first-order valence-corrected chi connectivity index (χ1v) is 8.42. The average molecular weight is 367 g/mol. The monoisotopic (exact) mass is 367 g/mol. The molecule has 27 heavy (non-hydrogen) atoms. The number of aryl methyl sites for hydroxylation is 1. The molecular formula is C20H21N3O4. The van der Waals surface area contributed by atoms with E-state index in [1.54, 1.807) is 19.1 Å². The minimum atomic E-state index is -0.682. The summed E-state index contributed by atoms with van der Waals surface area (Å²) in [6, 6.07) is 11.1. The Balaban J connectivity index is 1.96. The highest BCUT2D eigenvalue weighted by atomic mass is 16.5. The number of phenolic OH excluding ortho intramolecular Hbond substituents is 1. The van der Waals surface area contributed by atoms with Gasteiger partial charge in [0.2, 0.25) is 0 Å². The van der Waals surface area contributed by atoms with Gasteiger partial charge in [-0.2, -0.15) is 0 Å². The highest BCUT2D eigenvalue weighted by Crippen LogP contribution is 2.33. The van der Waals surface area contributed by atoms with E-state index >= 15 is 0 Å². The van der Waals surface area contributed by atoms with Crippen LogP contribution in [0, 0.1) is 6.92 Å². The van der Waals surface area contributed by atoms with Crippen LogP contribution in [-0.4, -0.2) is 24.2 Å². The molecule has 0 fully saturated rings. The molecule has 2 aromatic rings. The third-order valence-corrected chi connectivity index (χ3v) is 4.36. The van der Waals surface area contributed by atoms with E-state index in [4.69, 9.17) is 4.74 Å². The third kappa shape index (κ3) is 3.87. The van der Waals surface area contributed by atoms with Crippen LogP contribution in [0.1, 0.15) is 24.1 Å². The summed E-state index contributed by atoms with van der Waals surface area (Å²) in [5.41, 5.74) is 3.20. The second kappa shape index (κ2) is 7.41. The Kier molecular flexibility index (Phi) is 5.03. The molecule has 0 aliphatic carbocycles. The zero-order valence-electron chi connectivity index (χ0n) is 15.3. The lowest BCUT2D eigenvalue weighted by Crippen LogP contribution is -2.45. The molecule has 0 unspecified atom stereocenters. The summed E-state index contributed by atoms with van der Waals surface area (Å²) in [6.07, 6.45) is 0. The van der Waals surface area contributed by atoms with Gasteiger partial charge in [-0.3, -0.25) is 4.79 Å². The van der Waals surface area contributed by atoms with Gasteiger partial charge in [0.25, 0.3) is 5.91 Å². The Hall–Kier alpha value is -3.48. The number of anilines is 1. The van der Waals surface area contributed by atoms with Crippen molar-refractivity contribution < 1.29 is 19.4 Å². The number of urea groups is 1. The molecule has 0 radical (unpaired) electrons. The number of amides is 3. The fourth-order valence-corrected chi connectivity index (χ4v) is 2.95. The van der Waals surface area contributed by atoms with E-state index in [1.807, 2.05) is 31.2 Å². The van der Waals surface area contributed by atoms with Gasteiger partial charge in [0.05, 0.1) is 18.7 Å². The highest BCUT2D eigenvalue weighted by molar-refractivity contribution is 6.06. The van der Waals surface area contributed by atoms with Gasteiger partial charge < -0.3 is 25.8 Å². The number of carbonyl (C=O) groups excluding carboxylic acids is 2. The normalized spacial score (nSPS) is 16.4. The SMILES string of the molecule is COc1cc([C@@H]2NC(=O)NC(C)=C2C(=O)Nc2ccc(C)cc2)ccc1O. The van der Waals surface area contributed by atoms with Crippen molar-refractivity contribution in [3.63, 3.8) is 0 Å². The number of benzene rings is 2. The molecule has 3 amide bonds. The van der Waals surface area contributed by atoms with Crippen LogP contribution in [0.25, 0.3) is 0 Å². The first-order valence-electron chi connectivity index (χ1n) is 8.42. The van der Waals surface area contributed by atoms with E-state index in [-0.39, 0.29) is 17.4 Å². The van der Waals surface area contributed by atoms with E-state index in [1.165, 1.54) is 13.2 Å². The van der Waals surface area contributed by atoms with E-state index in [0.29, 0.717) is 22.5 Å². The van der Waals surface area contributed by atoms with E-state index in [9.17, 15) is 14.7 Å². The van der Waals surface area contributed by atoms with Crippen LogP contribution in [0.2, 0.25) is 0 Å². The molecule has 7 nitrogen and oxygen atoms in total. The van der Waals surface area contributed by atoms with Gasteiger partial charge in [-0.1, -0.05) is 23.8 Å². The number of hydrogen-bond donors (Lipinski definition) is 4. The summed E-state index contributed by atoms with van der Waals surface area (Å²) in [4.78, 5) is 24.9. The first-order chi connectivity index (χ1) is 12.9. The summed E-state index contributed by atoms with van der Waals surface area (Å²) in [5.74, 6) is -0.0926. The second-order valence-electron chi connectivity index (χ2n) is 6.32. The lowest BCUT2D eigenvalue weighted by Gasteiger charge is -2.29. The Labute approximate surface area is 157 Å². The molecule has 2 aromatic carbocycles. The van der Waals surface area contributed by atoms with Gasteiger partial charge in [-0.25, -0.2) is 4.79 Å². The smallest absolute Gasteiger partial charge is 0.319 e. The minimum absolute atomic E-state index is 0.0205. The number of nitrogens with one attached hydrogen (secondary N) is 3. The summed E-state index contributed by atoms with van der Waals surface area (Å²) >= 11 is 0. The number of ether oxygens (including phenoxy) is 1. The van der Waals surface area contributed by atoms with Gasteiger partial charge in [-0.05, 0) is 43.7 Å². The lowest BCUT2D eigenvalue weighted by molar-refractivity contribution is -0.113. The van der Waals surface area contributed by atoms with E-state index in [0.717, 1.165) is 5.56 Å². The van der Waals surface area contributed by atoms with Gasteiger partial charge in [-0.15, -0.1) is 0 Å². The summed E-state index contributed by atoms with van der Waals surface area (Å²) in [7, 11) is 1.44. The minimum Gasteiger partial charge on any atom is -0.504 e. The molecule has 1 heterocycles. The number of rotatable bonds is 4. The maximum atomic E-state index is 12.9. The van der Waals surface area contributed by atoms with Gasteiger partial charge in [0, 0.05) is 11.4 Å². The molecular weight excluding hydrogens is 346 g/mol. The molecule has 1 aliphatic heterocycles. The lowest BCUT2D eigenvalue weighted by atomic mass is 9.94.